The first-order valence-corrected chi connectivity index (χ1v) is 10.7. The van der Waals surface area contributed by atoms with Gasteiger partial charge in [-0.3, -0.25) is 9.59 Å². The molecule has 1 heterocycles. The molecule has 1 fully saturated rings. The molecule has 1 N–H and O–H groups in total. The van der Waals surface area contributed by atoms with Crippen LogP contribution in [0.15, 0.2) is 48.5 Å². The van der Waals surface area contributed by atoms with Gasteiger partial charge in [-0.25, -0.2) is 0 Å². The van der Waals surface area contributed by atoms with E-state index in [-0.39, 0.29) is 18.4 Å². The second-order valence-corrected chi connectivity index (χ2v) is 8.19. The first-order valence-electron chi connectivity index (χ1n) is 10.7. The molecule has 0 saturated carbocycles. The maximum atomic E-state index is 13.3. The lowest BCUT2D eigenvalue weighted by atomic mass is 9.73. The average molecular weight is 409 g/mol. The van der Waals surface area contributed by atoms with Gasteiger partial charge < -0.3 is 15.0 Å². The van der Waals surface area contributed by atoms with Crippen molar-refractivity contribution in [1.82, 2.24) is 10.2 Å². The molecule has 30 heavy (non-hydrogen) atoms. The maximum absolute atomic E-state index is 13.3. The Bertz CT molecular complexity index is 878. The molecule has 160 valence electrons. The highest BCUT2D eigenvalue weighted by Gasteiger charge is 2.43. The Labute approximate surface area is 179 Å². The van der Waals surface area contributed by atoms with Gasteiger partial charge in [0.15, 0.2) is 0 Å². The van der Waals surface area contributed by atoms with Crippen molar-refractivity contribution >= 4 is 11.8 Å². The quantitative estimate of drug-likeness (QED) is 0.762. The number of rotatable bonds is 7. The van der Waals surface area contributed by atoms with Crippen LogP contribution in [0.1, 0.15) is 30.9 Å². The second-order valence-electron chi connectivity index (χ2n) is 8.19. The van der Waals surface area contributed by atoms with Gasteiger partial charge in [0, 0.05) is 26.7 Å². The van der Waals surface area contributed by atoms with Gasteiger partial charge in [-0.15, -0.1) is 0 Å². The minimum atomic E-state index is -0.640. The molecular weight excluding hydrogens is 376 g/mol. The van der Waals surface area contributed by atoms with E-state index in [9.17, 15) is 9.59 Å². The number of hydrogen-bond acceptors (Lipinski definition) is 3. The molecule has 0 spiro atoms. The summed E-state index contributed by atoms with van der Waals surface area (Å²) in [5.41, 5.74) is 3.99. The van der Waals surface area contributed by atoms with Crippen LogP contribution >= 0.6 is 0 Å². The Hall–Kier alpha value is -2.66. The van der Waals surface area contributed by atoms with Gasteiger partial charge in [-0.1, -0.05) is 54.1 Å². The predicted molar refractivity (Wildman–Crippen MR) is 119 cm³/mol. The van der Waals surface area contributed by atoms with Gasteiger partial charge in [0.1, 0.15) is 6.61 Å². The van der Waals surface area contributed by atoms with Crippen LogP contribution in [-0.4, -0.2) is 50.1 Å². The number of nitrogens with one attached hydrogen (secondary N) is 1. The molecule has 0 aromatic heterocycles. The smallest absolute Gasteiger partial charge is 0.248 e. The molecule has 2 aromatic rings. The van der Waals surface area contributed by atoms with E-state index in [0.717, 1.165) is 29.5 Å². The van der Waals surface area contributed by atoms with Crippen molar-refractivity contribution in [3.05, 3.63) is 59.7 Å². The first kappa shape index (κ1) is 22.0. The number of benzene rings is 2. The lowest BCUT2D eigenvalue weighted by molar-refractivity contribution is -0.144. The van der Waals surface area contributed by atoms with Crippen LogP contribution in [0.5, 0.6) is 0 Å². The minimum Gasteiger partial charge on any atom is -0.375 e. The SMILES string of the molecule is CCNC(=O)C1(Cc2ccccc2-c2ccc(C)cc2)CCCN(C(=O)COC)C1. The van der Waals surface area contributed by atoms with E-state index in [4.69, 9.17) is 4.74 Å². The van der Waals surface area contributed by atoms with Crippen molar-refractivity contribution in [2.75, 3.05) is 33.4 Å². The molecule has 3 rings (SSSR count). The molecule has 2 aromatic carbocycles. The largest absolute Gasteiger partial charge is 0.375 e. The van der Waals surface area contributed by atoms with Crippen LogP contribution < -0.4 is 5.32 Å². The van der Waals surface area contributed by atoms with E-state index in [0.29, 0.717) is 26.1 Å². The van der Waals surface area contributed by atoms with Gasteiger partial charge in [0.2, 0.25) is 11.8 Å². The normalized spacial score (nSPS) is 18.8. The summed E-state index contributed by atoms with van der Waals surface area (Å²) in [6.07, 6.45) is 2.16. The number of likely N-dealkylation sites (tertiary alicyclic amines) is 1. The van der Waals surface area contributed by atoms with Crippen LogP contribution in [0.2, 0.25) is 0 Å². The molecule has 2 amide bonds. The van der Waals surface area contributed by atoms with E-state index < -0.39 is 5.41 Å². The number of methoxy groups -OCH3 is 1. The van der Waals surface area contributed by atoms with E-state index in [1.54, 1.807) is 4.90 Å². The maximum Gasteiger partial charge on any atom is 0.248 e. The molecule has 1 saturated heterocycles. The summed E-state index contributed by atoms with van der Waals surface area (Å²) in [7, 11) is 1.52. The highest BCUT2D eigenvalue weighted by molar-refractivity contribution is 5.85. The van der Waals surface area contributed by atoms with E-state index in [1.165, 1.54) is 12.7 Å². The van der Waals surface area contributed by atoms with Crippen LogP contribution in [0.4, 0.5) is 0 Å². The lowest BCUT2D eigenvalue weighted by Crippen LogP contribution is -2.55. The number of carbonyl (C=O) groups excluding carboxylic acids is 2. The third-order valence-corrected chi connectivity index (χ3v) is 5.93. The third-order valence-electron chi connectivity index (χ3n) is 5.93. The van der Waals surface area contributed by atoms with Crippen molar-refractivity contribution in [2.24, 2.45) is 5.41 Å². The number of hydrogen-bond donors (Lipinski definition) is 1. The highest BCUT2D eigenvalue weighted by atomic mass is 16.5. The number of carbonyl (C=O) groups is 2. The van der Waals surface area contributed by atoms with E-state index >= 15 is 0 Å². The Morgan fingerprint density at radius 3 is 2.57 bits per heavy atom. The molecule has 1 aliphatic rings. The summed E-state index contributed by atoms with van der Waals surface area (Å²) in [4.78, 5) is 27.6. The molecule has 1 aliphatic heterocycles. The number of piperidine rings is 1. The standard InChI is InChI=1S/C25H32N2O3/c1-4-26-24(29)25(14-7-15-27(18-25)23(28)17-30-3)16-21-8-5-6-9-22(21)20-12-10-19(2)11-13-20/h5-6,8-13H,4,7,14-18H2,1-3H3,(H,26,29). The average Bonchev–Trinajstić information content (AvgIpc) is 2.75. The summed E-state index contributed by atoms with van der Waals surface area (Å²) in [6, 6.07) is 16.7. The van der Waals surface area contributed by atoms with Crippen LogP contribution in [-0.2, 0) is 20.7 Å². The van der Waals surface area contributed by atoms with E-state index in [1.807, 2.05) is 19.1 Å². The first-order chi connectivity index (χ1) is 14.5. The second kappa shape index (κ2) is 9.90. The Balaban J connectivity index is 1.96. The predicted octanol–water partition coefficient (Wildman–Crippen LogP) is 3.60. The molecular formula is C25H32N2O3. The van der Waals surface area contributed by atoms with Gasteiger partial charge in [-0.2, -0.15) is 0 Å². The summed E-state index contributed by atoms with van der Waals surface area (Å²) in [6.45, 7) is 5.72. The monoisotopic (exact) mass is 408 g/mol. The Kier molecular flexibility index (Phi) is 7.27. The molecule has 5 heteroatoms. The van der Waals surface area contributed by atoms with Crippen molar-refractivity contribution in [1.29, 1.82) is 0 Å². The van der Waals surface area contributed by atoms with Gasteiger partial charge in [0.05, 0.1) is 5.41 Å². The number of nitrogens with zero attached hydrogens (tertiary/aromatic N) is 1. The lowest BCUT2D eigenvalue weighted by Gasteiger charge is -2.42. The number of aryl methyl sites for hydroxylation is 1. The molecule has 1 unspecified atom stereocenters. The van der Waals surface area contributed by atoms with Crippen molar-refractivity contribution in [3.63, 3.8) is 0 Å². The van der Waals surface area contributed by atoms with Gasteiger partial charge in [-0.05, 0) is 49.8 Å². The fourth-order valence-corrected chi connectivity index (χ4v) is 4.37. The topological polar surface area (TPSA) is 58.6 Å². The number of amides is 2. The molecule has 1 atom stereocenters. The number of ether oxygens (including phenoxy) is 1. The summed E-state index contributed by atoms with van der Waals surface area (Å²) < 4.78 is 5.05. The zero-order valence-corrected chi connectivity index (χ0v) is 18.2. The van der Waals surface area contributed by atoms with Crippen LogP contribution in [0, 0.1) is 12.3 Å². The summed E-state index contributed by atoms with van der Waals surface area (Å²) in [5.74, 6) is -0.0312. The van der Waals surface area contributed by atoms with Crippen molar-refractivity contribution < 1.29 is 14.3 Å². The third kappa shape index (κ3) is 4.90. The zero-order chi connectivity index (χ0) is 21.6. The minimum absolute atomic E-state index is 0.0265. The van der Waals surface area contributed by atoms with Gasteiger partial charge >= 0.3 is 0 Å². The summed E-state index contributed by atoms with van der Waals surface area (Å²) >= 11 is 0. The van der Waals surface area contributed by atoms with Crippen LogP contribution in [0.25, 0.3) is 11.1 Å². The van der Waals surface area contributed by atoms with Crippen molar-refractivity contribution in [3.8, 4) is 11.1 Å². The van der Waals surface area contributed by atoms with Gasteiger partial charge in [0.25, 0.3) is 0 Å². The Morgan fingerprint density at radius 2 is 1.87 bits per heavy atom. The summed E-state index contributed by atoms with van der Waals surface area (Å²) in [5, 5.41) is 3.03. The fraction of sp³-hybridized carbons (Fsp3) is 0.440. The Morgan fingerprint density at radius 1 is 1.13 bits per heavy atom. The molecule has 0 radical (unpaired) electrons. The highest BCUT2D eigenvalue weighted by Crippen LogP contribution is 2.37. The zero-order valence-electron chi connectivity index (χ0n) is 18.2. The molecule has 0 bridgehead atoms. The van der Waals surface area contributed by atoms with E-state index in [2.05, 4.69) is 48.6 Å². The van der Waals surface area contributed by atoms with Crippen LogP contribution in [0.3, 0.4) is 0 Å². The van der Waals surface area contributed by atoms with Crippen molar-refractivity contribution in [2.45, 2.75) is 33.1 Å². The fourth-order valence-electron chi connectivity index (χ4n) is 4.37. The molecule has 5 nitrogen and oxygen atoms in total. The molecule has 0 aliphatic carbocycles.